The van der Waals surface area contributed by atoms with Gasteiger partial charge in [-0.3, -0.25) is 4.79 Å². The van der Waals surface area contributed by atoms with Crippen LogP contribution in [0.4, 0.5) is 4.39 Å². The summed E-state index contributed by atoms with van der Waals surface area (Å²) in [6, 6.07) is 1.97. The Hall–Kier alpha value is -1.26. The normalized spacial score (nSPS) is 12.6. The van der Waals surface area contributed by atoms with Gasteiger partial charge in [0.25, 0.3) is 0 Å². The van der Waals surface area contributed by atoms with Crippen molar-refractivity contribution < 1.29 is 14.3 Å². The molecular formula is C10H12FNO2. The van der Waals surface area contributed by atoms with Crippen LogP contribution >= 0.6 is 0 Å². The lowest BCUT2D eigenvalue weighted by molar-refractivity contribution is 0.112. The van der Waals surface area contributed by atoms with Crippen LogP contribution in [-0.4, -0.2) is 18.0 Å². The van der Waals surface area contributed by atoms with Crippen LogP contribution in [0.2, 0.25) is 0 Å². The number of aryl methyl sites for hydroxylation is 1. The van der Waals surface area contributed by atoms with Gasteiger partial charge in [0.2, 0.25) is 0 Å². The monoisotopic (exact) mass is 197 g/mol. The Kier molecular flexibility index (Phi) is 3.33. The highest BCUT2D eigenvalue weighted by Gasteiger charge is 2.12. The first-order chi connectivity index (χ1) is 6.60. The Morgan fingerprint density at radius 3 is 2.79 bits per heavy atom. The van der Waals surface area contributed by atoms with E-state index in [0.29, 0.717) is 17.4 Å². The van der Waals surface area contributed by atoms with Gasteiger partial charge in [0.15, 0.2) is 0 Å². The van der Waals surface area contributed by atoms with E-state index in [2.05, 4.69) is 0 Å². The molecule has 0 fully saturated rings. The number of rotatable bonds is 3. The van der Waals surface area contributed by atoms with E-state index in [9.17, 15) is 9.18 Å². The number of nitrogens with two attached hydrogens (primary N) is 1. The van der Waals surface area contributed by atoms with Crippen LogP contribution in [0.25, 0.3) is 0 Å². The van der Waals surface area contributed by atoms with Crippen LogP contribution in [0.3, 0.4) is 0 Å². The Labute approximate surface area is 81.4 Å². The second-order valence-corrected chi connectivity index (χ2v) is 3.14. The maximum Gasteiger partial charge on any atom is 0.150 e. The van der Waals surface area contributed by atoms with E-state index in [0.717, 1.165) is 6.07 Å². The molecule has 1 atom stereocenters. The Morgan fingerprint density at radius 2 is 2.29 bits per heavy atom. The molecule has 0 bridgehead atoms. The third-order valence-electron chi connectivity index (χ3n) is 2.09. The molecule has 76 valence electrons. The van der Waals surface area contributed by atoms with E-state index in [1.165, 1.54) is 6.07 Å². The van der Waals surface area contributed by atoms with Gasteiger partial charge in [-0.25, -0.2) is 4.39 Å². The summed E-state index contributed by atoms with van der Waals surface area (Å²) in [5, 5.41) is 8.83. The SMILES string of the molecule is Cc1cc(C(N)CO)c(C=O)cc1F. The van der Waals surface area contributed by atoms with Crippen molar-refractivity contribution in [1.29, 1.82) is 0 Å². The fourth-order valence-corrected chi connectivity index (χ4v) is 1.24. The molecule has 1 unspecified atom stereocenters. The van der Waals surface area contributed by atoms with Crippen molar-refractivity contribution in [2.75, 3.05) is 6.61 Å². The molecule has 0 saturated heterocycles. The van der Waals surface area contributed by atoms with E-state index in [1.54, 1.807) is 6.92 Å². The molecule has 0 heterocycles. The second kappa shape index (κ2) is 4.30. The molecule has 1 aromatic rings. The summed E-state index contributed by atoms with van der Waals surface area (Å²) in [5.74, 6) is -0.444. The number of carbonyl (C=O) groups is 1. The third kappa shape index (κ3) is 1.97. The highest BCUT2D eigenvalue weighted by atomic mass is 19.1. The van der Waals surface area contributed by atoms with E-state index in [-0.39, 0.29) is 12.2 Å². The van der Waals surface area contributed by atoms with Crippen LogP contribution in [0, 0.1) is 12.7 Å². The minimum atomic E-state index is -0.644. The van der Waals surface area contributed by atoms with Crippen molar-refractivity contribution >= 4 is 6.29 Å². The highest BCUT2D eigenvalue weighted by Crippen LogP contribution is 2.19. The van der Waals surface area contributed by atoms with E-state index in [1.807, 2.05) is 0 Å². The van der Waals surface area contributed by atoms with Gasteiger partial charge in [0.05, 0.1) is 12.6 Å². The molecule has 0 saturated carbocycles. The van der Waals surface area contributed by atoms with Gasteiger partial charge < -0.3 is 10.8 Å². The van der Waals surface area contributed by atoms with E-state index in [4.69, 9.17) is 10.8 Å². The standard InChI is InChI=1S/C10H12FNO2/c1-6-2-8(10(12)5-14)7(4-13)3-9(6)11/h2-4,10,14H,5,12H2,1H3. The first-order valence-electron chi connectivity index (χ1n) is 4.21. The van der Waals surface area contributed by atoms with Gasteiger partial charge in [0.1, 0.15) is 12.1 Å². The molecule has 0 spiro atoms. The van der Waals surface area contributed by atoms with Crippen molar-refractivity contribution in [3.8, 4) is 0 Å². The quantitative estimate of drug-likeness (QED) is 0.709. The molecular weight excluding hydrogens is 185 g/mol. The summed E-state index contributed by atoms with van der Waals surface area (Å²) in [5.41, 5.74) is 6.63. The number of benzene rings is 1. The lowest BCUT2D eigenvalue weighted by atomic mass is 9.99. The van der Waals surface area contributed by atoms with Gasteiger partial charge in [0, 0.05) is 5.56 Å². The average molecular weight is 197 g/mol. The number of hydrogen-bond acceptors (Lipinski definition) is 3. The van der Waals surface area contributed by atoms with Gasteiger partial charge in [-0.1, -0.05) is 6.07 Å². The lowest BCUT2D eigenvalue weighted by Gasteiger charge is -2.12. The van der Waals surface area contributed by atoms with Crippen molar-refractivity contribution in [3.63, 3.8) is 0 Å². The van der Waals surface area contributed by atoms with Gasteiger partial charge in [-0.2, -0.15) is 0 Å². The highest BCUT2D eigenvalue weighted by molar-refractivity contribution is 5.77. The predicted molar refractivity (Wildman–Crippen MR) is 50.5 cm³/mol. The summed E-state index contributed by atoms with van der Waals surface area (Å²) >= 11 is 0. The molecule has 0 aromatic heterocycles. The summed E-state index contributed by atoms with van der Waals surface area (Å²) in [4.78, 5) is 10.6. The summed E-state index contributed by atoms with van der Waals surface area (Å²) < 4.78 is 13.1. The summed E-state index contributed by atoms with van der Waals surface area (Å²) in [6.07, 6.45) is 0.535. The Bertz CT molecular complexity index is 352. The van der Waals surface area contributed by atoms with Gasteiger partial charge in [-0.05, 0) is 24.1 Å². The summed E-state index contributed by atoms with van der Waals surface area (Å²) in [6.45, 7) is 1.31. The number of carbonyl (C=O) groups excluding carboxylic acids is 1. The average Bonchev–Trinajstić information content (AvgIpc) is 2.20. The predicted octanol–water partition coefficient (Wildman–Crippen LogP) is 0.939. The maximum atomic E-state index is 13.1. The van der Waals surface area contributed by atoms with E-state index >= 15 is 0 Å². The molecule has 1 rings (SSSR count). The molecule has 0 aliphatic heterocycles. The Morgan fingerprint density at radius 1 is 1.64 bits per heavy atom. The topological polar surface area (TPSA) is 63.3 Å². The Balaban J connectivity index is 3.26. The van der Waals surface area contributed by atoms with Crippen molar-refractivity contribution in [2.45, 2.75) is 13.0 Å². The number of aldehydes is 1. The zero-order valence-corrected chi connectivity index (χ0v) is 7.83. The number of halogens is 1. The molecule has 4 heteroatoms. The molecule has 0 aliphatic rings. The van der Waals surface area contributed by atoms with Crippen molar-refractivity contribution in [1.82, 2.24) is 0 Å². The number of hydrogen-bond donors (Lipinski definition) is 2. The van der Waals surface area contributed by atoms with Crippen LogP contribution in [0.5, 0.6) is 0 Å². The maximum absolute atomic E-state index is 13.1. The fraction of sp³-hybridized carbons (Fsp3) is 0.300. The first kappa shape index (κ1) is 10.8. The van der Waals surface area contributed by atoms with Crippen LogP contribution < -0.4 is 5.73 Å². The first-order valence-corrected chi connectivity index (χ1v) is 4.21. The second-order valence-electron chi connectivity index (χ2n) is 3.14. The fourth-order valence-electron chi connectivity index (χ4n) is 1.24. The smallest absolute Gasteiger partial charge is 0.150 e. The van der Waals surface area contributed by atoms with Crippen LogP contribution in [0.15, 0.2) is 12.1 Å². The molecule has 3 nitrogen and oxygen atoms in total. The molecule has 0 aliphatic carbocycles. The van der Waals surface area contributed by atoms with E-state index < -0.39 is 11.9 Å². The summed E-state index contributed by atoms with van der Waals surface area (Å²) in [7, 11) is 0. The van der Waals surface area contributed by atoms with Crippen molar-refractivity contribution in [3.05, 3.63) is 34.6 Å². The van der Waals surface area contributed by atoms with Gasteiger partial charge in [-0.15, -0.1) is 0 Å². The minimum absolute atomic E-state index is 0.189. The van der Waals surface area contributed by atoms with Crippen molar-refractivity contribution in [2.24, 2.45) is 5.73 Å². The molecule has 1 aromatic carbocycles. The molecule has 14 heavy (non-hydrogen) atoms. The third-order valence-corrected chi connectivity index (χ3v) is 2.09. The molecule has 0 radical (unpaired) electrons. The van der Waals surface area contributed by atoms with Crippen LogP contribution in [-0.2, 0) is 0 Å². The number of aliphatic hydroxyl groups excluding tert-OH is 1. The molecule has 0 amide bonds. The van der Waals surface area contributed by atoms with Crippen LogP contribution in [0.1, 0.15) is 27.5 Å². The largest absolute Gasteiger partial charge is 0.394 e. The zero-order valence-electron chi connectivity index (χ0n) is 7.83. The minimum Gasteiger partial charge on any atom is -0.394 e. The molecule has 3 N–H and O–H groups in total. The lowest BCUT2D eigenvalue weighted by Crippen LogP contribution is -2.17. The number of aliphatic hydroxyl groups is 1. The van der Waals surface area contributed by atoms with Gasteiger partial charge >= 0.3 is 0 Å². The zero-order chi connectivity index (χ0) is 10.7.